The van der Waals surface area contributed by atoms with Crippen LogP contribution in [0.1, 0.15) is 24.6 Å². The molecule has 4 nitrogen and oxygen atoms in total. The number of carbonyl (C=O) groups excluding carboxylic acids is 1. The van der Waals surface area contributed by atoms with Crippen molar-refractivity contribution in [2.24, 2.45) is 0 Å². The van der Waals surface area contributed by atoms with E-state index in [-0.39, 0.29) is 12.3 Å². The fraction of sp³-hybridized carbons (Fsp3) is 0.375. The highest BCUT2D eigenvalue weighted by atomic mass is 32.1. The van der Waals surface area contributed by atoms with Crippen molar-refractivity contribution in [1.29, 1.82) is 0 Å². The van der Waals surface area contributed by atoms with Crippen LogP contribution in [0.15, 0.2) is 29.6 Å². The molecule has 1 aromatic heterocycles. The first kappa shape index (κ1) is 15.7. The van der Waals surface area contributed by atoms with Gasteiger partial charge in [-0.25, -0.2) is 4.98 Å². The molecule has 0 bridgehead atoms. The van der Waals surface area contributed by atoms with Crippen LogP contribution in [0, 0.1) is 6.92 Å². The molecule has 1 atom stereocenters. The maximum absolute atomic E-state index is 11.8. The first-order valence-electron chi connectivity index (χ1n) is 7.01. The second-order valence-corrected chi connectivity index (χ2v) is 6.03. The van der Waals surface area contributed by atoms with Gasteiger partial charge in [0.05, 0.1) is 18.2 Å². The van der Waals surface area contributed by atoms with E-state index in [1.165, 1.54) is 5.56 Å². The number of hydrogen-bond acceptors (Lipinski definition) is 4. The first-order valence-corrected chi connectivity index (χ1v) is 7.89. The van der Waals surface area contributed by atoms with Crippen LogP contribution in [-0.2, 0) is 11.2 Å². The third kappa shape index (κ3) is 4.95. The topological polar surface area (TPSA) is 62.2 Å². The van der Waals surface area contributed by atoms with E-state index in [0.717, 1.165) is 16.3 Å². The molecule has 0 saturated carbocycles. The molecular weight excluding hydrogens is 284 g/mol. The molecule has 1 unspecified atom stereocenters. The van der Waals surface area contributed by atoms with Crippen molar-refractivity contribution in [1.82, 2.24) is 10.3 Å². The van der Waals surface area contributed by atoms with Crippen LogP contribution >= 0.6 is 11.3 Å². The molecule has 0 spiro atoms. The summed E-state index contributed by atoms with van der Waals surface area (Å²) >= 11 is 1.55. The molecule has 1 amide bonds. The van der Waals surface area contributed by atoms with Crippen molar-refractivity contribution < 1.29 is 9.90 Å². The Labute approximate surface area is 128 Å². The third-order valence-electron chi connectivity index (χ3n) is 3.08. The van der Waals surface area contributed by atoms with Crippen LogP contribution in [0.5, 0.6) is 0 Å². The number of rotatable bonds is 6. The molecule has 2 rings (SSSR count). The number of aliphatic hydroxyl groups is 1. The van der Waals surface area contributed by atoms with Crippen LogP contribution in [0.3, 0.4) is 0 Å². The van der Waals surface area contributed by atoms with Crippen LogP contribution in [0.25, 0.3) is 10.6 Å². The molecule has 112 valence electrons. The zero-order chi connectivity index (χ0) is 15.2. The Balaban J connectivity index is 1.91. The number of nitrogens with one attached hydrogen (secondary N) is 1. The average molecular weight is 304 g/mol. The molecule has 0 aliphatic heterocycles. The van der Waals surface area contributed by atoms with E-state index in [9.17, 15) is 4.79 Å². The predicted molar refractivity (Wildman–Crippen MR) is 85.3 cm³/mol. The third-order valence-corrected chi connectivity index (χ3v) is 4.02. The lowest BCUT2D eigenvalue weighted by atomic mass is 10.2. The number of nitrogens with zero attached hydrogens (tertiary/aromatic N) is 1. The first-order chi connectivity index (χ1) is 10.0. The Morgan fingerprint density at radius 1 is 1.38 bits per heavy atom. The minimum atomic E-state index is -0.391. The summed E-state index contributed by atoms with van der Waals surface area (Å²) in [4.78, 5) is 16.3. The molecule has 0 aliphatic rings. The number of amides is 1. The van der Waals surface area contributed by atoms with Gasteiger partial charge < -0.3 is 10.4 Å². The number of carbonyl (C=O) groups is 1. The van der Waals surface area contributed by atoms with Crippen molar-refractivity contribution in [3.63, 3.8) is 0 Å². The minimum Gasteiger partial charge on any atom is -0.393 e. The predicted octanol–water partition coefficient (Wildman–Crippen LogP) is 2.55. The molecule has 0 saturated heterocycles. The number of aromatic nitrogens is 1. The molecule has 0 radical (unpaired) electrons. The monoisotopic (exact) mass is 304 g/mol. The average Bonchev–Trinajstić information content (AvgIpc) is 2.87. The summed E-state index contributed by atoms with van der Waals surface area (Å²) in [6, 6.07) is 8.19. The van der Waals surface area contributed by atoms with Crippen molar-refractivity contribution >= 4 is 17.2 Å². The maximum Gasteiger partial charge on any atom is 0.226 e. The van der Waals surface area contributed by atoms with Crippen LogP contribution in [-0.4, -0.2) is 28.6 Å². The van der Waals surface area contributed by atoms with Gasteiger partial charge in [-0.1, -0.05) is 29.8 Å². The molecule has 1 aromatic carbocycles. The molecular formula is C16H20N2O2S. The second-order valence-electron chi connectivity index (χ2n) is 5.17. The van der Waals surface area contributed by atoms with Gasteiger partial charge in [0, 0.05) is 17.5 Å². The highest BCUT2D eigenvalue weighted by Crippen LogP contribution is 2.24. The number of hydrogen-bond donors (Lipinski definition) is 2. The molecule has 5 heteroatoms. The summed E-state index contributed by atoms with van der Waals surface area (Å²) < 4.78 is 0. The summed E-state index contributed by atoms with van der Waals surface area (Å²) in [6.45, 7) is 4.25. The van der Waals surface area contributed by atoms with Gasteiger partial charge in [0.25, 0.3) is 0 Å². The molecule has 0 aliphatic carbocycles. The highest BCUT2D eigenvalue weighted by Gasteiger charge is 2.09. The van der Waals surface area contributed by atoms with Crippen LogP contribution in [0.4, 0.5) is 0 Å². The van der Waals surface area contributed by atoms with Gasteiger partial charge >= 0.3 is 0 Å². The zero-order valence-corrected chi connectivity index (χ0v) is 13.1. The maximum atomic E-state index is 11.8. The van der Waals surface area contributed by atoms with Gasteiger partial charge in [0.2, 0.25) is 5.91 Å². The van der Waals surface area contributed by atoms with Crippen molar-refractivity contribution in [2.45, 2.75) is 32.8 Å². The lowest BCUT2D eigenvalue weighted by molar-refractivity contribution is -0.120. The zero-order valence-electron chi connectivity index (χ0n) is 12.3. The molecule has 0 fully saturated rings. The summed E-state index contributed by atoms with van der Waals surface area (Å²) in [6.07, 6.45) is 0.456. The molecule has 1 heterocycles. The summed E-state index contributed by atoms with van der Waals surface area (Å²) in [5.41, 5.74) is 3.07. The molecule has 21 heavy (non-hydrogen) atoms. The van der Waals surface area contributed by atoms with E-state index in [2.05, 4.69) is 29.4 Å². The Morgan fingerprint density at radius 3 is 2.76 bits per heavy atom. The standard InChI is InChI=1S/C16H20N2O2S/c1-11-3-5-13(6-4-11)16-18-14(10-21-16)9-15(20)17-8-7-12(2)19/h3-6,10,12,19H,7-9H2,1-2H3,(H,17,20). The van der Waals surface area contributed by atoms with Gasteiger partial charge in [-0.3, -0.25) is 4.79 Å². The van der Waals surface area contributed by atoms with E-state index >= 15 is 0 Å². The normalized spacial score (nSPS) is 12.1. The van der Waals surface area contributed by atoms with Gasteiger partial charge in [-0.05, 0) is 20.3 Å². The highest BCUT2D eigenvalue weighted by molar-refractivity contribution is 7.13. The fourth-order valence-electron chi connectivity index (χ4n) is 1.86. The van der Waals surface area contributed by atoms with Gasteiger partial charge in [-0.15, -0.1) is 11.3 Å². The van der Waals surface area contributed by atoms with Gasteiger partial charge in [0.1, 0.15) is 5.01 Å². The molecule has 2 aromatic rings. The van der Waals surface area contributed by atoms with E-state index in [0.29, 0.717) is 13.0 Å². The number of benzene rings is 1. The Bertz CT molecular complexity index is 591. The smallest absolute Gasteiger partial charge is 0.226 e. The number of aliphatic hydroxyl groups excluding tert-OH is 1. The summed E-state index contributed by atoms with van der Waals surface area (Å²) in [5.74, 6) is -0.0589. The van der Waals surface area contributed by atoms with Crippen molar-refractivity contribution in [3.05, 3.63) is 40.9 Å². The van der Waals surface area contributed by atoms with E-state index in [1.54, 1.807) is 18.3 Å². The second kappa shape index (κ2) is 7.33. The van der Waals surface area contributed by atoms with Crippen LogP contribution < -0.4 is 5.32 Å². The Morgan fingerprint density at radius 2 is 2.10 bits per heavy atom. The number of thiazole rings is 1. The quantitative estimate of drug-likeness (QED) is 0.862. The van der Waals surface area contributed by atoms with E-state index in [4.69, 9.17) is 5.11 Å². The van der Waals surface area contributed by atoms with E-state index in [1.807, 2.05) is 17.5 Å². The van der Waals surface area contributed by atoms with Gasteiger partial charge in [-0.2, -0.15) is 0 Å². The van der Waals surface area contributed by atoms with E-state index < -0.39 is 6.10 Å². The fourth-order valence-corrected chi connectivity index (χ4v) is 2.69. The van der Waals surface area contributed by atoms with Gasteiger partial charge in [0.15, 0.2) is 0 Å². The van der Waals surface area contributed by atoms with Crippen molar-refractivity contribution in [2.75, 3.05) is 6.54 Å². The van der Waals surface area contributed by atoms with Crippen LogP contribution in [0.2, 0.25) is 0 Å². The Kier molecular flexibility index (Phi) is 5.47. The largest absolute Gasteiger partial charge is 0.393 e. The van der Waals surface area contributed by atoms with Crippen molar-refractivity contribution in [3.8, 4) is 10.6 Å². The lowest BCUT2D eigenvalue weighted by Crippen LogP contribution is -2.27. The summed E-state index contributed by atoms with van der Waals surface area (Å²) in [7, 11) is 0. The molecule has 2 N–H and O–H groups in total. The SMILES string of the molecule is Cc1ccc(-c2nc(CC(=O)NCCC(C)O)cs2)cc1. The summed E-state index contributed by atoms with van der Waals surface area (Å²) in [5, 5.41) is 14.8. The number of aryl methyl sites for hydroxylation is 1. The minimum absolute atomic E-state index is 0.0589. The lowest BCUT2D eigenvalue weighted by Gasteiger charge is -2.05. The Hall–Kier alpha value is -1.72.